The van der Waals surface area contributed by atoms with E-state index < -0.39 is 28.8 Å². The number of hydrogen-bond donors (Lipinski definition) is 3. The summed E-state index contributed by atoms with van der Waals surface area (Å²) in [6.45, 7) is 1.92. The molecule has 0 spiro atoms. The topological polar surface area (TPSA) is 105 Å². The van der Waals surface area contributed by atoms with Gasteiger partial charge in [0.05, 0.1) is 6.61 Å². The van der Waals surface area contributed by atoms with Gasteiger partial charge in [-0.25, -0.2) is 9.59 Å². The molecule has 0 fully saturated rings. The quantitative estimate of drug-likeness (QED) is 0.531. The van der Waals surface area contributed by atoms with Gasteiger partial charge in [0.25, 0.3) is 0 Å². The lowest BCUT2D eigenvalue weighted by Crippen LogP contribution is -2.48. The maximum absolute atomic E-state index is 11.3. The Hall–Kier alpha value is -1.15. The monoisotopic (exact) mass is 266 g/mol. The van der Waals surface area contributed by atoms with Gasteiger partial charge in [0, 0.05) is 36.0 Å². The van der Waals surface area contributed by atoms with Gasteiger partial charge in [-0.05, 0) is 0 Å². The highest BCUT2D eigenvalue weighted by molar-refractivity contribution is 7.84. The van der Waals surface area contributed by atoms with Crippen LogP contribution in [0.15, 0.2) is 0 Å². The number of aliphatic carboxylic acids is 1. The molecule has 8 heteroatoms. The summed E-state index contributed by atoms with van der Waals surface area (Å²) in [5.74, 6) is -0.282. The molecular formula is C9H18N2O5S. The summed E-state index contributed by atoms with van der Waals surface area (Å²) in [4.78, 5) is 21.9. The molecule has 0 saturated heterocycles. The summed E-state index contributed by atoms with van der Waals surface area (Å²) in [5.41, 5.74) is 0. The first-order chi connectivity index (χ1) is 8.01. The van der Waals surface area contributed by atoms with E-state index in [4.69, 9.17) is 5.11 Å². The molecule has 0 aliphatic heterocycles. The molecule has 0 aromatic carbocycles. The maximum Gasteiger partial charge on any atom is 0.328 e. The van der Waals surface area contributed by atoms with Crippen LogP contribution in [0.5, 0.6) is 0 Å². The molecule has 2 amide bonds. The summed E-state index contributed by atoms with van der Waals surface area (Å²) in [5, 5.41) is 13.4. The Morgan fingerprint density at radius 2 is 2.12 bits per heavy atom. The first kappa shape index (κ1) is 15.9. The van der Waals surface area contributed by atoms with E-state index in [1.54, 1.807) is 6.92 Å². The third-order valence-electron chi connectivity index (χ3n) is 1.87. The van der Waals surface area contributed by atoms with Crippen molar-refractivity contribution in [2.24, 2.45) is 0 Å². The van der Waals surface area contributed by atoms with Gasteiger partial charge in [-0.1, -0.05) is 6.92 Å². The number of methoxy groups -OCH3 is 1. The predicted molar refractivity (Wildman–Crippen MR) is 63.4 cm³/mol. The summed E-state index contributed by atoms with van der Waals surface area (Å²) in [6.07, 6.45) is 0. The van der Waals surface area contributed by atoms with Crippen molar-refractivity contribution in [1.82, 2.24) is 10.6 Å². The summed E-state index contributed by atoms with van der Waals surface area (Å²) in [7, 11) is 0.395. The minimum Gasteiger partial charge on any atom is -0.480 e. The number of rotatable bonds is 8. The predicted octanol–water partition coefficient (Wildman–Crippen LogP) is -0.846. The lowest BCUT2D eigenvalue weighted by atomic mass is 10.3. The van der Waals surface area contributed by atoms with E-state index in [0.29, 0.717) is 11.5 Å². The number of hydrogen-bond acceptors (Lipinski definition) is 4. The van der Waals surface area contributed by atoms with Crippen molar-refractivity contribution >= 4 is 22.8 Å². The van der Waals surface area contributed by atoms with Crippen LogP contribution in [0.25, 0.3) is 0 Å². The molecule has 0 saturated carbocycles. The molecule has 0 rings (SSSR count). The van der Waals surface area contributed by atoms with Crippen LogP contribution in [-0.4, -0.2) is 59.1 Å². The molecule has 0 aliphatic carbocycles. The van der Waals surface area contributed by atoms with Gasteiger partial charge in [-0.3, -0.25) is 4.21 Å². The third kappa shape index (κ3) is 7.70. The standard InChI is InChI=1S/C9H18N2O5S/c1-3-17(15)5-4-10-9(14)11-7(6-16-2)8(12)13/h7H,3-6H2,1-2H3,(H,12,13)(H2,10,11,14). The van der Waals surface area contributed by atoms with Crippen molar-refractivity contribution in [2.75, 3.05) is 31.8 Å². The van der Waals surface area contributed by atoms with E-state index in [1.807, 2.05) is 0 Å². The second-order valence-electron chi connectivity index (χ2n) is 3.18. The summed E-state index contributed by atoms with van der Waals surface area (Å²) in [6, 6.07) is -1.70. The van der Waals surface area contributed by atoms with Gasteiger partial charge in [0.15, 0.2) is 6.04 Å². The number of carboxylic acid groups (broad SMARTS) is 1. The van der Waals surface area contributed by atoms with E-state index in [0.717, 1.165) is 0 Å². The molecule has 3 N–H and O–H groups in total. The number of nitrogens with one attached hydrogen (secondary N) is 2. The second-order valence-corrected chi connectivity index (χ2v) is 5.04. The number of amides is 2. The fourth-order valence-electron chi connectivity index (χ4n) is 0.973. The zero-order valence-corrected chi connectivity index (χ0v) is 10.7. The van der Waals surface area contributed by atoms with Crippen LogP contribution in [0.2, 0.25) is 0 Å². The van der Waals surface area contributed by atoms with Crippen molar-refractivity contribution in [3.63, 3.8) is 0 Å². The molecule has 0 bridgehead atoms. The van der Waals surface area contributed by atoms with Crippen LogP contribution in [0.4, 0.5) is 4.79 Å². The lowest BCUT2D eigenvalue weighted by Gasteiger charge is -2.13. The highest BCUT2D eigenvalue weighted by atomic mass is 32.2. The van der Waals surface area contributed by atoms with Crippen LogP contribution in [0.1, 0.15) is 6.92 Å². The average molecular weight is 266 g/mol. The fraction of sp³-hybridized carbons (Fsp3) is 0.778. The van der Waals surface area contributed by atoms with Crippen LogP contribution >= 0.6 is 0 Å². The molecule has 0 aromatic heterocycles. The van der Waals surface area contributed by atoms with Crippen LogP contribution in [0, 0.1) is 0 Å². The van der Waals surface area contributed by atoms with Crippen molar-refractivity contribution in [3.05, 3.63) is 0 Å². The number of carbonyl (C=O) groups is 2. The second kappa shape index (κ2) is 8.94. The van der Waals surface area contributed by atoms with E-state index in [-0.39, 0.29) is 13.2 Å². The number of carboxylic acids is 1. The molecule has 100 valence electrons. The van der Waals surface area contributed by atoms with Gasteiger partial charge < -0.3 is 20.5 Å². The zero-order valence-electron chi connectivity index (χ0n) is 9.89. The Morgan fingerprint density at radius 1 is 1.47 bits per heavy atom. The smallest absolute Gasteiger partial charge is 0.328 e. The van der Waals surface area contributed by atoms with Crippen LogP contribution < -0.4 is 10.6 Å². The number of urea groups is 1. The molecule has 0 aliphatic rings. The van der Waals surface area contributed by atoms with E-state index in [1.165, 1.54) is 7.11 Å². The molecule has 17 heavy (non-hydrogen) atoms. The SMILES string of the molecule is CCS(=O)CCNC(=O)NC(COC)C(=O)O. The van der Waals surface area contributed by atoms with Crippen molar-refractivity contribution in [2.45, 2.75) is 13.0 Å². The first-order valence-electron chi connectivity index (χ1n) is 5.12. The average Bonchev–Trinajstić information content (AvgIpc) is 2.28. The largest absolute Gasteiger partial charge is 0.480 e. The first-order valence-corrected chi connectivity index (χ1v) is 6.61. The molecule has 7 nitrogen and oxygen atoms in total. The summed E-state index contributed by atoms with van der Waals surface area (Å²) < 4.78 is 15.7. The van der Waals surface area contributed by atoms with Gasteiger partial charge in [0.2, 0.25) is 0 Å². The Labute approximate surface area is 102 Å². The van der Waals surface area contributed by atoms with Crippen LogP contribution in [0.3, 0.4) is 0 Å². The Bertz CT molecular complexity index is 285. The number of ether oxygens (including phenoxy) is 1. The Morgan fingerprint density at radius 3 is 2.59 bits per heavy atom. The molecule has 0 radical (unpaired) electrons. The van der Waals surface area contributed by atoms with Gasteiger partial charge in [-0.2, -0.15) is 0 Å². The summed E-state index contributed by atoms with van der Waals surface area (Å²) >= 11 is 0. The van der Waals surface area contributed by atoms with Crippen molar-refractivity contribution in [3.8, 4) is 0 Å². The van der Waals surface area contributed by atoms with Crippen molar-refractivity contribution in [1.29, 1.82) is 0 Å². The highest BCUT2D eigenvalue weighted by Gasteiger charge is 2.19. The highest BCUT2D eigenvalue weighted by Crippen LogP contribution is 1.86. The normalized spacial score (nSPS) is 13.8. The molecule has 2 unspecified atom stereocenters. The van der Waals surface area contributed by atoms with E-state index >= 15 is 0 Å². The van der Waals surface area contributed by atoms with Crippen LogP contribution in [-0.2, 0) is 20.3 Å². The Balaban J connectivity index is 3.90. The Kier molecular flexibility index (Phi) is 8.34. The zero-order chi connectivity index (χ0) is 13.3. The molecule has 0 heterocycles. The van der Waals surface area contributed by atoms with E-state index in [9.17, 15) is 13.8 Å². The third-order valence-corrected chi connectivity index (χ3v) is 3.18. The minimum atomic E-state index is -1.17. The molecular weight excluding hydrogens is 248 g/mol. The van der Waals surface area contributed by atoms with E-state index in [2.05, 4.69) is 15.4 Å². The van der Waals surface area contributed by atoms with Gasteiger partial charge in [-0.15, -0.1) is 0 Å². The minimum absolute atomic E-state index is 0.107. The maximum atomic E-state index is 11.3. The van der Waals surface area contributed by atoms with Gasteiger partial charge in [0.1, 0.15) is 0 Å². The molecule has 0 aromatic rings. The fourth-order valence-corrected chi connectivity index (χ4v) is 1.59. The number of carbonyl (C=O) groups excluding carboxylic acids is 1. The lowest BCUT2D eigenvalue weighted by molar-refractivity contribution is -0.140. The van der Waals surface area contributed by atoms with Gasteiger partial charge >= 0.3 is 12.0 Å². The van der Waals surface area contributed by atoms with Crippen molar-refractivity contribution < 1.29 is 23.6 Å². The molecule has 2 atom stereocenters.